The Labute approximate surface area is 143 Å². The molecule has 4 heteroatoms. The number of morpholine rings is 1. The minimum absolute atomic E-state index is 0.000241. The summed E-state index contributed by atoms with van der Waals surface area (Å²) in [5.74, 6) is -0.000241. The molecule has 1 fully saturated rings. The Morgan fingerprint density at radius 1 is 1.08 bits per heavy atom. The average molecular weight is 324 g/mol. The monoisotopic (exact) mass is 324 g/mol. The van der Waals surface area contributed by atoms with Crippen LogP contribution in [-0.4, -0.2) is 43.6 Å². The summed E-state index contributed by atoms with van der Waals surface area (Å²) in [6, 6.07) is 19.7. The van der Waals surface area contributed by atoms with Crippen LogP contribution in [0.3, 0.4) is 0 Å². The van der Waals surface area contributed by atoms with Crippen molar-refractivity contribution in [3.05, 3.63) is 71.8 Å². The first-order valence-corrected chi connectivity index (χ1v) is 8.55. The maximum atomic E-state index is 12.0. The summed E-state index contributed by atoms with van der Waals surface area (Å²) in [4.78, 5) is 14.4. The first kappa shape index (κ1) is 16.7. The van der Waals surface area contributed by atoms with E-state index in [1.807, 2.05) is 36.4 Å². The van der Waals surface area contributed by atoms with Crippen molar-refractivity contribution in [1.82, 2.24) is 10.2 Å². The number of hydrogen-bond acceptors (Lipinski definition) is 3. The van der Waals surface area contributed by atoms with Gasteiger partial charge in [0.15, 0.2) is 0 Å². The van der Waals surface area contributed by atoms with E-state index in [1.54, 1.807) is 0 Å². The van der Waals surface area contributed by atoms with Crippen LogP contribution in [0.4, 0.5) is 0 Å². The van der Waals surface area contributed by atoms with Gasteiger partial charge in [0.2, 0.25) is 0 Å². The highest BCUT2D eigenvalue weighted by Gasteiger charge is 2.21. The highest BCUT2D eigenvalue weighted by atomic mass is 16.5. The van der Waals surface area contributed by atoms with E-state index in [2.05, 4.69) is 34.5 Å². The van der Waals surface area contributed by atoms with Gasteiger partial charge in [0, 0.05) is 31.7 Å². The van der Waals surface area contributed by atoms with Gasteiger partial charge < -0.3 is 10.1 Å². The van der Waals surface area contributed by atoms with Crippen molar-refractivity contribution in [1.29, 1.82) is 0 Å². The van der Waals surface area contributed by atoms with Gasteiger partial charge in [0.25, 0.3) is 5.91 Å². The highest BCUT2D eigenvalue weighted by Crippen LogP contribution is 2.21. The van der Waals surface area contributed by atoms with Crippen molar-refractivity contribution in [2.75, 3.05) is 32.8 Å². The number of hydrogen-bond donors (Lipinski definition) is 1. The lowest BCUT2D eigenvalue weighted by Gasteiger charge is -2.33. The molecule has 0 saturated carbocycles. The van der Waals surface area contributed by atoms with E-state index in [9.17, 15) is 4.79 Å². The van der Waals surface area contributed by atoms with Crippen molar-refractivity contribution in [2.45, 2.75) is 12.5 Å². The van der Waals surface area contributed by atoms with Gasteiger partial charge in [-0.25, -0.2) is 0 Å². The van der Waals surface area contributed by atoms with Crippen molar-refractivity contribution in [3.8, 4) is 0 Å². The van der Waals surface area contributed by atoms with Crippen LogP contribution in [0.1, 0.15) is 28.4 Å². The molecular weight excluding hydrogens is 300 g/mol. The Morgan fingerprint density at radius 3 is 2.54 bits per heavy atom. The predicted molar refractivity (Wildman–Crippen MR) is 95.0 cm³/mol. The molecule has 1 atom stereocenters. The predicted octanol–water partition coefficient (Wildman–Crippen LogP) is 2.88. The first-order chi connectivity index (χ1) is 11.8. The molecule has 0 radical (unpaired) electrons. The van der Waals surface area contributed by atoms with E-state index < -0.39 is 0 Å². The lowest BCUT2D eigenvalue weighted by Crippen LogP contribution is -2.39. The Bertz CT molecular complexity index is 631. The molecule has 4 nitrogen and oxygen atoms in total. The first-order valence-electron chi connectivity index (χ1n) is 8.55. The van der Waals surface area contributed by atoms with Crippen LogP contribution in [-0.2, 0) is 4.74 Å². The summed E-state index contributed by atoms with van der Waals surface area (Å²) in [6.07, 6.45) is 1.10. The van der Waals surface area contributed by atoms with Gasteiger partial charge in [0.1, 0.15) is 0 Å². The number of benzene rings is 2. The molecule has 1 aliphatic heterocycles. The van der Waals surface area contributed by atoms with Gasteiger partial charge >= 0.3 is 0 Å². The third-order valence-electron chi connectivity index (χ3n) is 4.29. The molecule has 0 aromatic heterocycles. The molecule has 0 bridgehead atoms. The maximum absolute atomic E-state index is 12.0. The lowest BCUT2D eigenvalue weighted by atomic mass is 10.1. The normalized spacial score (nSPS) is 18.2. The van der Waals surface area contributed by atoms with Gasteiger partial charge in [-0.05, 0) is 24.1 Å². The summed E-state index contributed by atoms with van der Waals surface area (Å²) in [6.45, 7) is 4.30. The van der Waals surface area contributed by atoms with Crippen LogP contribution < -0.4 is 5.32 Å². The van der Waals surface area contributed by atoms with Gasteiger partial charge in [-0.1, -0.05) is 48.5 Å². The summed E-state index contributed by atoms with van der Waals surface area (Å²) in [5, 5.41) is 2.98. The largest absolute Gasteiger partial charge is 0.371 e. The van der Waals surface area contributed by atoms with Crippen LogP contribution >= 0.6 is 0 Å². The van der Waals surface area contributed by atoms with Crippen molar-refractivity contribution in [2.24, 2.45) is 0 Å². The molecule has 1 saturated heterocycles. The van der Waals surface area contributed by atoms with E-state index in [0.29, 0.717) is 12.1 Å². The Morgan fingerprint density at radius 2 is 1.79 bits per heavy atom. The Kier molecular flexibility index (Phi) is 5.99. The summed E-state index contributed by atoms with van der Waals surface area (Å²) in [7, 11) is 0. The standard InChI is InChI=1S/C20H24N2O2/c23-20(18-10-5-2-6-11-18)21-12-7-13-22-14-15-24-19(16-22)17-8-3-1-4-9-17/h1-6,8-11,19H,7,12-16H2,(H,21,23)/t19-/m1/s1. The fraction of sp³-hybridized carbons (Fsp3) is 0.350. The van der Waals surface area contributed by atoms with E-state index in [-0.39, 0.29) is 12.0 Å². The number of rotatable bonds is 6. The second-order valence-corrected chi connectivity index (χ2v) is 6.05. The molecule has 2 aromatic rings. The van der Waals surface area contributed by atoms with Gasteiger partial charge in [-0.3, -0.25) is 9.69 Å². The molecule has 126 valence electrons. The quantitative estimate of drug-likeness (QED) is 0.831. The zero-order valence-corrected chi connectivity index (χ0v) is 13.9. The zero-order valence-electron chi connectivity index (χ0n) is 13.9. The van der Waals surface area contributed by atoms with E-state index in [1.165, 1.54) is 5.56 Å². The van der Waals surface area contributed by atoms with Crippen LogP contribution in [0.5, 0.6) is 0 Å². The van der Waals surface area contributed by atoms with Crippen LogP contribution in [0.2, 0.25) is 0 Å². The summed E-state index contributed by atoms with van der Waals surface area (Å²) < 4.78 is 5.89. The molecule has 0 spiro atoms. The molecule has 0 aliphatic carbocycles. The fourth-order valence-corrected chi connectivity index (χ4v) is 2.97. The number of amides is 1. The molecule has 1 N–H and O–H groups in total. The molecule has 1 heterocycles. The molecule has 1 aliphatic rings. The Balaban J connectivity index is 1.40. The maximum Gasteiger partial charge on any atom is 0.251 e. The van der Waals surface area contributed by atoms with E-state index in [4.69, 9.17) is 4.74 Å². The number of ether oxygens (including phenoxy) is 1. The number of nitrogens with one attached hydrogen (secondary N) is 1. The Hall–Kier alpha value is -2.17. The van der Waals surface area contributed by atoms with Crippen LogP contribution in [0.15, 0.2) is 60.7 Å². The summed E-state index contributed by atoms with van der Waals surface area (Å²) in [5.41, 5.74) is 1.95. The summed E-state index contributed by atoms with van der Waals surface area (Å²) >= 11 is 0. The molecule has 0 unspecified atom stereocenters. The second-order valence-electron chi connectivity index (χ2n) is 6.05. The van der Waals surface area contributed by atoms with Crippen molar-refractivity contribution >= 4 is 5.91 Å². The minimum Gasteiger partial charge on any atom is -0.371 e. The zero-order chi connectivity index (χ0) is 16.6. The van der Waals surface area contributed by atoms with Gasteiger partial charge in [0.05, 0.1) is 12.7 Å². The molecular formula is C20H24N2O2. The highest BCUT2D eigenvalue weighted by molar-refractivity contribution is 5.94. The fourth-order valence-electron chi connectivity index (χ4n) is 2.97. The number of nitrogens with zero attached hydrogens (tertiary/aromatic N) is 1. The molecule has 1 amide bonds. The topological polar surface area (TPSA) is 41.6 Å². The third kappa shape index (κ3) is 4.66. The second kappa shape index (κ2) is 8.62. The molecule has 24 heavy (non-hydrogen) atoms. The van der Waals surface area contributed by atoms with Crippen molar-refractivity contribution in [3.63, 3.8) is 0 Å². The molecule has 3 rings (SSSR count). The number of carbonyl (C=O) groups is 1. The number of carbonyl (C=O) groups excluding carboxylic acids is 1. The molecule has 2 aromatic carbocycles. The van der Waals surface area contributed by atoms with E-state index >= 15 is 0 Å². The smallest absolute Gasteiger partial charge is 0.251 e. The SMILES string of the molecule is O=C(NCCCN1CCO[C@@H](c2ccccc2)C1)c1ccccc1. The third-order valence-corrected chi connectivity index (χ3v) is 4.29. The lowest BCUT2D eigenvalue weighted by molar-refractivity contribution is -0.0301. The van der Waals surface area contributed by atoms with Crippen LogP contribution in [0.25, 0.3) is 0 Å². The average Bonchev–Trinajstić information content (AvgIpc) is 2.67. The van der Waals surface area contributed by atoms with Crippen molar-refractivity contribution < 1.29 is 9.53 Å². The van der Waals surface area contributed by atoms with Gasteiger partial charge in [-0.2, -0.15) is 0 Å². The van der Waals surface area contributed by atoms with E-state index in [0.717, 1.165) is 32.7 Å². The minimum atomic E-state index is -0.000241. The van der Waals surface area contributed by atoms with Gasteiger partial charge in [-0.15, -0.1) is 0 Å². The van der Waals surface area contributed by atoms with Crippen LogP contribution in [0, 0.1) is 0 Å².